The summed E-state index contributed by atoms with van der Waals surface area (Å²) in [6.45, 7) is 4.14. The third-order valence-corrected chi connectivity index (χ3v) is 5.44. The van der Waals surface area contributed by atoms with Gasteiger partial charge in [-0.15, -0.1) is 11.3 Å². The van der Waals surface area contributed by atoms with Gasteiger partial charge in [-0.1, -0.05) is 24.8 Å². The minimum atomic E-state index is -1.05. The van der Waals surface area contributed by atoms with E-state index >= 15 is 0 Å². The topological polar surface area (TPSA) is 61.4 Å². The molecular weight excluding hydrogens is 387 g/mol. The molecule has 1 heterocycles. The van der Waals surface area contributed by atoms with Crippen molar-refractivity contribution in [1.29, 1.82) is 0 Å². The van der Waals surface area contributed by atoms with Gasteiger partial charge in [-0.3, -0.25) is 0 Å². The molecule has 0 fully saturated rings. The summed E-state index contributed by atoms with van der Waals surface area (Å²) in [6, 6.07) is 18.7. The van der Waals surface area contributed by atoms with Crippen LogP contribution in [0.5, 0.6) is 0 Å². The van der Waals surface area contributed by atoms with Crippen LogP contribution in [0.1, 0.15) is 15.9 Å². The van der Waals surface area contributed by atoms with Gasteiger partial charge < -0.3 is 15.7 Å². The third kappa shape index (κ3) is 3.97. The smallest absolute Gasteiger partial charge is 0.337 e. The number of carboxylic acids is 1. The highest BCUT2D eigenvalue weighted by molar-refractivity contribution is 7.17. The first-order chi connectivity index (χ1) is 14.0. The third-order valence-electron chi connectivity index (χ3n) is 4.47. The average molecular weight is 404 g/mol. The van der Waals surface area contributed by atoms with Crippen molar-refractivity contribution in [2.45, 2.75) is 0 Å². The van der Waals surface area contributed by atoms with E-state index in [0.29, 0.717) is 17.1 Å². The Morgan fingerprint density at radius 2 is 1.69 bits per heavy atom. The number of fused-ring (bicyclic) bond motifs is 1. The number of benzene rings is 3. The molecule has 0 amide bonds. The van der Waals surface area contributed by atoms with Crippen molar-refractivity contribution >= 4 is 50.2 Å². The van der Waals surface area contributed by atoms with Gasteiger partial charge >= 0.3 is 5.97 Å². The molecular formula is C23H17FN2O2S. The van der Waals surface area contributed by atoms with Crippen molar-refractivity contribution in [3.8, 4) is 0 Å². The first-order valence-corrected chi connectivity index (χ1v) is 9.72. The Morgan fingerprint density at radius 3 is 2.45 bits per heavy atom. The van der Waals surface area contributed by atoms with E-state index in [1.54, 1.807) is 35.6 Å². The maximum atomic E-state index is 13.1. The zero-order valence-electron chi connectivity index (χ0n) is 15.3. The fourth-order valence-corrected chi connectivity index (χ4v) is 4.03. The summed E-state index contributed by atoms with van der Waals surface area (Å²) in [7, 11) is 0. The second-order valence-electron chi connectivity index (χ2n) is 6.45. The number of rotatable bonds is 6. The molecule has 0 saturated carbocycles. The van der Waals surface area contributed by atoms with E-state index in [4.69, 9.17) is 0 Å². The molecule has 4 nitrogen and oxygen atoms in total. The molecule has 144 valence electrons. The summed E-state index contributed by atoms with van der Waals surface area (Å²) in [5.41, 5.74) is 3.52. The van der Waals surface area contributed by atoms with E-state index in [9.17, 15) is 14.3 Å². The zero-order valence-corrected chi connectivity index (χ0v) is 16.1. The monoisotopic (exact) mass is 404 g/mol. The van der Waals surface area contributed by atoms with Crippen LogP contribution < -0.4 is 10.6 Å². The minimum Gasteiger partial charge on any atom is -0.478 e. The molecule has 6 heteroatoms. The molecule has 3 N–H and O–H groups in total. The van der Waals surface area contributed by atoms with Crippen LogP contribution >= 0.6 is 11.3 Å². The Kier molecular flexibility index (Phi) is 5.01. The van der Waals surface area contributed by atoms with Crippen LogP contribution in [0.2, 0.25) is 0 Å². The molecule has 0 atom stereocenters. The lowest BCUT2D eigenvalue weighted by Crippen LogP contribution is -2.04. The molecule has 0 aliphatic rings. The first kappa shape index (κ1) is 18.7. The standard InChI is InChI=1S/C23H17FN2O2S/c1-14(20-13-29-22-5-3-2-4-18(20)22)25-17-10-11-19(23(27)28)21(12-17)26-16-8-6-15(24)7-9-16/h2-13,25-26H,1H2,(H,27,28). The fraction of sp³-hybridized carbons (Fsp3) is 0. The Labute approximate surface area is 170 Å². The van der Waals surface area contributed by atoms with Gasteiger partial charge in [-0.2, -0.15) is 0 Å². The largest absolute Gasteiger partial charge is 0.478 e. The lowest BCUT2D eigenvalue weighted by Gasteiger charge is -2.14. The number of hydrogen-bond donors (Lipinski definition) is 3. The van der Waals surface area contributed by atoms with Gasteiger partial charge in [0.1, 0.15) is 5.82 Å². The maximum absolute atomic E-state index is 13.1. The van der Waals surface area contributed by atoms with E-state index < -0.39 is 5.97 Å². The number of carbonyl (C=O) groups is 1. The molecule has 4 rings (SSSR count). The molecule has 3 aromatic carbocycles. The summed E-state index contributed by atoms with van der Waals surface area (Å²) in [4.78, 5) is 11.6. The number of anilines is 3. The lowest BCUT2D eigenvalue weighted by atomic mass is 10.1. The molecule has 0 unspecified atom stereocenters. The highest BCUT2D eigenvalue weighted by atomic mass is 32.1. The summed E-state index contributed by atoms with van der Waals surface area (Å²) in [5.74, 6) is -1.41. The molecule has 1 aromatic heterocycles. The van der Waals surface area contributed by atoms with Gasteiger partial charge in [0, 0.05) is 38.1 Å². The second-order valence-corrected chi connectivity index (χ2v) is 7.36. The van der Waals surface area contributed by atoms with Crippen LogP contribution in [-0.4, -0.2) is 11.1 Å². The van der Waals surface area contributed by atoms with Crippen LogP contribution in [0.25, 0.3) is 15.8 Å². The van der Waals surface area contributed by atoms with Crippen molar-refractivity contribution in [2.24, 2.45) is 0 Å². The van der Waals surface area contributed by atoms with Crippen LogP contribution in [0.4, 0.5) is 21.5 Å². The summed E-state index contributed by atoms with van der Waals surface area (Å²) < 4.78 is 14.3. The Balaban J connectivity index is 1.63. The van der Waals surface area contributed by atoms with Crippen LogP contribution in [0, 0.1) is 5.82 Å². The lowest BCUT2D eigenvalue weighted by molar-refractivity contribution is 0.0698. The van der Waals surface area contributed by atoms with Crippen molar-refractivity contribution < 1.29 is 14.3 Å². The normalized spacial score (nSPS) is 10.7. The first-order valence-electron chi connectivity index (χ1n) is 8.84. The Morgan fingerprint density at radius 1 is 0.966 bits per heavy atom. The van der Waals surface area contributed by atoms with Crippen LogP contribution in [-0.2, 0) is 0 Å². The number of carboxylic acid groups (broad SMARTS) is 1. The van der Waals surface area contributed by atoms with E-state index in [1.807, 2.05) is 23.6 Å². The molecule has 0 saturated heterocycles. The number of halogens is 1. The molecule has 0 bridgehead atoms. The van der Waals surface area contributed by atoms with E-state index in [1.165, 1.54) is 22.9 Å². The summed E-state index contributed by atoms with van der Waals surface area (Å²) >= 11 is 1.64. The predicted molar refractivity (Wildman–Crippen MR) is 118 cm³/mol. The molecule has 0 aliphatic carbocycles. The molecule has 0 radical (unpaired) electrons. The highest BCUT2D eigenvalue weighted by Gasteiger charge is 2.13. The van der Waals surface area contributed by atoms with Gasteiger partial charge in [0.15, 0.2) is 0 Å². The van der Waals surface area contributed by atoms with E-state index in [0.717, 1.165) is 16.6 Å². The second kappa shape index (κ2) is 7.77. The van der Waals surface area contributed by atoms with Gasteiger partial charge in [0.05, 0.1) is 11.3 Å². The van der Waals surface area contributed by atoms with E-state index in [2.05, 4.69) is 23.3 Å². The number of thiophene rings is 1. The summed E-state index contributed by atoms with van der Waals surface area (Å²) in [5, 5.41) is 19.0. The van der Waals surface area contributed by atoms with Gasteiger partial charge in [-0.25, -0.2) is 9.18 Å². The Hall–Kier alpha value is -3.64. The maximum Gasteiger partial charge on any atom is 0.337 e. The zero-order chi connectivity index (χ0) is 20.4. The van der Waals surface area contributed by atoms with Crippen LogP contribution in [0.15, 0.2) is 78.7 Å². The fourth-order valence-electron chi connectivity index (χ4n) is 3.05. The average Bonchev–Trinajstić information content (AvgIpc) is 3.14. The predicted octanol–water partition coefficient (Wildman–Crippen LogP) is 6.57. The van der Waals surface area contributed by atoms with Gasteiger partial charge in [0.2, 0.25) is 0 Å². The number of aromatic carboxylic acids is 1. The van der Waals surface area contributed by atoms with Crippen molar-refractivity contribution in [3.05, 3.63) is 95.6 Å². The quantitative estimate of drug-likeness (QED) is 0.340. The van der Waals surface area contributed by atoms with Crippen molar-refractivity contribution in [3.63, 3.8) is 0 Å². The van der Waals surface area contributed by atoms with Crippen molar-refractivity contribution in [1.82, 2.24) is 0 Å². The van der Waals surface area contributed by atoms with Crippen LogP contribution in [0.3, 0.4) is 0 Å². The minimum absolute atomic E-state index is 0.117. The summed E-state index contributed by atoms with van der Waals surface area (Å²) in [6.07, 6.45) is 0. The number of nitrogens with one attached hydrogen (secondary N) is 2. The van der Waals surface area contributed by atoms with E-state index in [-0.39, 0.29) is 11.4 Å². The number of hydrogen-bond acceptors (Lipinski definition) is 4. The SMILES string of the molecule is C=C(Nc1ccc(C(=O)O)c(Nc2ccc(F)cc2)c1)c1csc2ccccc12. The Bertz CT molecular complexity index is 1220. The molecule has 0 spiro atoms. The van der Waals surface area contributed by atoms with Gasteiger partial charge in [0.25, 0.3) is 0 Å². The highest BCUT2D eigenvalue weighted by Crippen LogP contribution is 2.32. The molecule has 4 aromatic rings. The van der Waals surface area contributed by atoms with Crippen molar-refractivity contribution in [2.75, 3.05) is 10.6 Å². The van der Waals surface area contributed by atoms with Gasteiger partial charge in [-0.05, 0) is 48.5 Å². The molecule has 29 heavy (non-hydrogen) atoms. The molecule has 0 aliphatic heterocycles.